The third-order valence-corrected chi connectivity index (χ3v) is 6.55. The number of urea groups is 1. The summed E-state index contributed by atoms with van der Waals surface area (Å²) in [6, 6.07) is 7.31. The van der Waals surface area contributed by atoms with Crippen LogP contribution in [-0.2, 0) is 11.0 Å². The summed E-state index contributed by atoms with van der Waals surface area (Å²) in [6.07, 6.45) is -4.56. The first-order valence-corrected chi connectivity index (χ1v) is 11.9. The Morgan fingerprint density at radius 3 is 2.17 bits per heavy atom. The van der Waals surface area contributed by atoms with Crippen molar-refractivity contribution < 1.29 is 27.9 Å². The predicted molar refractivity (Wildman–Crippen MR) is 131 cm³/mol. The molecular formula is C26H33F3N4O3. The van der Waals surface area contributed by atoms with Crippen LogP contribution in [0.3, 0.4) is 0 Å². The molecule has 1 fully saturated rings. The van der Waals surface area contributed by atoms with Crippen LogP contribution in [0, 0.1) is 12.8 Å². The molecule has 196 valence electrons. The summed E-state index contributed by atoms with van der Waals surface area (Å²) in [5, 5.41) is 13.3. The molecule has 0 spiro atoms. The van der Waals surface area contributed by atoms with Crippen molar-refractivity contribution in [2.24, 2.45) is 5.92 Å². The molecule has 0 unspecified atom stereocenters. The van der Waals surface area contributed by atoms with Crippen LogP contribution in [0.25, 0.3) is 0 Å². The van der Waals surface area contributed by atoms with E-state index in [2.05, 4.69) is 10.3 Å². The van der Waals surface area contributed by atoms with Gasteiger partial charge in [0.1, 0.15) is 11.9 Å². The number of carboxylic acids is 1. The maximum Gasteiger partial charge on any atom is 0.416 e. The second-order valence-corrected chi connectivity index (χ2v) is 9.83. The van der Waals surface area contributed by atoms with Gasteiger partial charge in [-0.25, -0.2) is 14.6 Å². The van der Waals surface area contributed by atoms with Crippen LogP contribution >= 0.6 is 0 Å². The van der Waals surface area contributed by atoms with Gasteiger partial charge < -0.3 is 20.2 Å². The molecule has 7 nitrogen and oxygen atoms in total. The molecule has 2 amide bonds. The fraction of sp³-hybridized carbons (Fsp3) is 0.500. The van der Waals surface area contributed by atoms with Crippen LogP contribution in [0.1, 0.15) is 57.5 Å². The van der Waals surface area contributed by atoms with Crippen molar-refractivity contribution in [3.05, 3.63) is 59.3 Å². The van der Waals surface area contributed by atoms with Crippen molar-refractivity contribution >= 4 is 17.8 Å². The molecule has 1 aromatic carbocycles. The number of aromatic nitrogens is 1. The van der Waals surface area contributed by atoms with Crippen molar-refractivity contribution in [2.75, 3.05) is 5.32 Å². The number of amides is 2. The number of anilines is 1. The fourth-order valence-corrected chi connectivity index (χ4v) is 5.14. The zero-order chi connectivity index (χ0) is 26.9. The van der Waals surface area contributed by atoms with Gasteiger partial charge in [-0.15, -0.1) is 0 Å². The molecule has 36 heavy (non-hydrogen) atoms. The van der Waals surface area contributed by atoms with Crippen molar-refractivity contribution in [2.45, 2.75) is 77.9 Å². The molecule has 0 radical (unpaired) electrons. The monoisotopic (exact) mass is 506 g/mol. The largest absolute Gasteiger partial charge is 0.480 e. The molecular weight excluding hydrogens is 473 g/mol. The van der Waals surface area contributed by atoms with E-state index in [4.69, 9.17) is 0 Å². The lowest BCUT2D eigenvalue weighted by atomic mass is 9.92. The minimum absolute atomic E-state index is 0.0249. The first-order valence-electron chi connectivity index (χ1n) is 11.9. The van der Waals surface area contributed by atoms with Gasteiger partial charge in [0.05, 0.1) is 17.6 Å². The van der Waals surface area contributed by atoms with Gasteiger partial charge in [-0.05, 0) is 52.3 Å². The minimum Gasteiger partial charge on any atom is -0.480 e. The highest BCUT2D eigenvalue weighted by Gasteiger charge is 2.54. The van der Waals surface area contributed by atoms with E-state index in [1.54, 1.807) is 42.2 Å². The maximum absolute atomic E-state index is 13.9. The number of alkyl halides is 3. The molecule has 1 saturated heterocycles. The second-order valence-electron chi connectivity index (χ2n) is 9.83. The number of carbonyl (C=O) groups is 2. The van der Waals surface area contributed by atoms with Gasteiger partial charge >= 0.3 is 18.2 Å². The number of pyridine rings is 1. The first kappa shape index (κ1) is 27.3. The summed E-state index contributed by atoms with van der Waals surface area (Å²) in [7, 11) is 0. The predicted octanol–water partition coefficient (Wildman–Crippen LogP) is 5.57. The maximum atomic E-state index is 13.9. The average molecular weight is 507 g/mol. The fourth-order valence-electron chi connectivity index (χ4n) is 5.14. The number of likely N-dealkylation sites (tertiary alicyclic amines) is 1. The number of nitrogens with one attached hydrogen (secondary N) is 1. The SMILES string of the molecule is Cc1cc(C(F)(F)F)cc(N[C@@H]2[C@@H](C)[C@H](C(=O)O)N(C(=O)N(C(C)C)C(C)C)[C@@H]2c2ccccc2)n1. The number of aliphatic carboxylic acids is 1. The normalized spacial score (nSPS) is 22.2. The molecule has 3 rings (SSSR count). The molecule has 2 aromatic rings. The summed E-state index contributed by atoms with van der Waals surface area (Å²) in [5.41, 5.74) is -0.00854. The van der Waals surface area contributed by atoms with Gasteiger partial charge in [0.25, 0.3) is 0 Å². The number of hydrogen-bond donors (Lipinski definition) is 2. The second kappa shape index (κ2) is 10.4. The topological polar surface area (TPSA) is 85.8 Å². The molecule has 1 aromatic heterocycles. The Morgan fingerprint density at radius 2 is 1.67 bits per heavy atom. The minimum atomic E-state index is -4.56. The molecule has 0 saturated carbocycles. The van der Waals surface area contributed by atoms with Gasteiger partial charge in [-0.1, -0.05) is 37.3 Å². The van der Waals surface area contributed by atoms with Gasteiger partial charge in [-0.2, -0.15) is 13.2 Å². The van der Waals surface area contributed by atoms with Crippen LogP contribution in [0.4, 0.5) is 23.8 Å². The van der Waals surface area contributed by atoms with Crippen LogP contribution < -0.4 is 5.32 Å². The lowest BCUT2D eigenvalue weighted by Crippen LogP contribution is -2.54. The van der Waals surface area contributed by atoms with E-state index in [9.17, 15) is 27.9 Å². The van der Waals surface area contributed by atoms with Crippen molar-refractivity contribution in [3.8, 4) is 0 Å². The van der Waals surface area contributed by atoms with E-state index in [1.165, 1.54) is 11.8 Å². The Bertz CT molecular complexity index is 1080. The summed E-state index contributed by atoms with van der Waals surface area (Å²) in [5.74, 6) is -1.85. The molecule has 10 heteroatoms. The zero-order valence-corrected chi connectivity index (χ0v) is 21.2. The highest BCUT2D eigenvalue weighted by atomic mass is 19.4. The van der Waals surface area contributed by atoms with Gasteiger partial charge in [-0.3, -0.25) is 0 Å². The molecule has 1 aliphatic heterocycles. The Balaban J connectivity index is 2.15. The Labute approximate surface area is 209 Å². The third-order valence-electron chi connectivity index (χ3n) is 6.55. The summed E-state index contributed by atoms with van der Waals surface area (Å²) >= 11 is 0. The molecule has 1 aliphatic rings. The number of aryl methyl sites for hydroxylation is 1. The number of rotatable bonds is 6. The van der Waals surface area contributed by atoms with E-state index in [0.29, 0.717) is 5.56 Å². The lowest BCUT2D eigenvalue weighted by molar-refractivity contribution is -0.143. The smallest absolute Gasteiger partial charge is 0.416 e. The third kappa shape index (κ3) is 5.42. The molecule has 4 atom stereocenters. The lowest BCUT2D eigenvalue weighted by Gasteiger charge is -2.39. The van der Waals surface area contributed by atoms with Crippen molar-refractivity contribution in [1.29, 1.82) is 0 Å². The molecule has 0 aliphatic carbocycles. The van der Waals surface area contributed by atoms with Crippen LogP contribution in [0.2, 0.25) is 0 Å². The number of hydrogen-bond acceptors (Lipinski definition) is 4. The number of halogens is 3. The van der Waals surface area contributed by atoms with E-state index >= 15 is 0 Å². The summed E-state index contributed by atoms with van der Waals surface area (Å²) in [4.78, 5) is 33.6. The van der Waals surface area contributed by atoms with E-state index in [0.717, 1.165) is 12.1 Å². The molecule has 2 heterocycles. The standard InChI is InChI=1S/C26H33F3N4O3/c1-14(2)32(15(3)4)25(36)33-22(24(34)35)17(6)21(23(33)18-10-8-7-9-11-18)31-20-13-19(26(27,28)29)12-16(5)30-20/h7-15,17,21-23H,1-6H3,(H,30,31)(H,34,35)/t17-,21-,22-,23-/m1/s1. The van der Waals surface area contributed by atoms with Gasteiger partial charge in [0.15, 0.2) is 0 Å². The quantitative estimate of drug-likeness (QED) is 0.535. The Hall–Kier alpha value is -3.30. The number of nitrogens with zero attached hydrogens (tertiary/aromatic N) is 3. The average Bonchev–Trinajstić information content (AvgIpc) is 3.05. The summed E-state index contributed by atoms with van der Waals surface area (Å²) < 4.78 is 40.4. The zero-order valence-electron chi connectivity index (χ0n) is 21.2. The van der Waals surface area contributed by atoms with E-state index in [1.807, 2.05) is 27.7 Å². The highest BCUT2D eigenvalue weighted by Crippen LogP contribution is 2.43. The Morgan fingerprint density at radius 1 is 1.08 bits per heavy atom. The molecule has 0 bridgehead atoms. The number of benzene rings is 1. The Kier molecular flexibility index (Phi) is 7.85. The highest BCUT2D eigenvalue weighted by molar-refractivity contribution is 5.85. The number of carbonyl (C=O) groups excluding carboxylic acids is 1. The van der Waals surface area contributed by atoms with Crippen LogP contribution in [-0.4, -0.2) is 56.1 Å². The van der Waals surface area contributed by atoms with Crippen LogP contribution in [0.15, 0.2) is 42.5 Å². The van der Waals surface area contributed by atoms with Crippen molar-refractivity contribution in [3.63, 3.8) is 0 Å². The van der Waals surface area contributed by atoms with Crippen molar-refractivity contribution in [1.82, 2.24) is 14.8 Å². The number of carboxylic acid groups (broad SMARTS) is 1. The van der Waals surface area contributed by atoms with E-state index < -0.39 is 47.8 Å². The van der Waals surface area contributed by atoms with Gasteiger partial charge in [0.2, 0.25) is 0 Å². The van der Waals surface area contributed by atoms with Gasteiger partial charge in [0, 0.05) is 23.7 Å². The van der Waals surface area contributed by atoms with E-state index in [-0.39, 0.29) is 23.6 Å². The summed E-state index contributed by atoms with van der Waals surface area (Å²) in [6.45, 7) is 10.6. The molecule has 2 N–H and O–H groups in total. The van der Waals surface area contributed by atoms with Crippen LogP contribution in [0.5, 0.6) is 0 Å². The first-order chi connectivity index (χ1) is 16.7.